The zero-order valence-corrected chi connectivity index (χ0v) is 24.4. The summed E-state index contributed by atoms with van der Waals surface area (Å²) in [5, 5.41) is 0. The van der Waals surface area contributed by atoms with E-state index in [1.165, 1.54) is 0 Å². The molecule has 0 saturated carbocycles. The number of benzene rings is 5. The number of nitrogens with one attached hydrogen (secondary N) is 2. The number of ether oxygens (including phenoxy) is 2. The van der Waals surface area contributed by atoms with E-state index >= 15 is 0 Å². The minimum absolute atomic E-state index is 0.00371. The molecule has 0 aliphatic heterocycles. The molecule has 0 atom stereocenters. The number of anilines is 1. The SMILES string of the molecule is COc1ccc(C(=O)Cc2ccc(-c3nc4ccccc4[nH]3)cc2)c(OC)c1.Nc1ccc(-c2nc3ccccc3[nH]2)cc1. The number of nitrogens with zero attached hydrogens (tertiary/aromatic N) is 2. The van der Waals surface area contributed by atoms with Gasteiger partial charge in [-0.15, -0.1) is 0 Å². The Labute approximate surface area is 254 Å². The second-order valence-corrected chi connectivity index (χ2v) is 10.2. The van der Waals surface area contributed by atoms with E-state index in [0.29, 0.717) is 23.5 Å². The molecule has 4 N–H and O–H groups in total. The maximum absolute atomic E-state index is 12.7. The number of fused-ring (bicyclic) bond motifs is 2. The zero-order valence-electron chi connectivity index (χ0n) is 24.4. The Kier molecular flexibility index (Phi) is 8.05. The Morgan fingerprint density at radius 1 is 0.682 bits per heavy atom. The molecule has 8 nitrogen and oxygen atoms in total. The smallest absolute Gasteiger partial charge is 0.170 e. The van der Waals surface area contributed by atoms with E-state index < -0.39 is 0 Å². The first-order chi connectivity index (χ1) is 21.5. The summed E-state index contributed by atoms with van der Waals surface area (Å²) < 4.78 is 10.5. The van der Waals surface area contributed by atoms with Crippen LogP contribution >= 0.6 is 0 Å². The summed E-state index contributed by atoms with van der Waals surface area (Å²) in [7, 11) is 3.13. The normalized spacial score (nSPS) is 10.8. The van der Waals surface area contributed by atoms with Crippen LogP contribution < -0.4 is 15.2 Å². The van der Waals surface area contributed by atoms with Crippen molar-refractivity contribution in [3.05, 3.63) is 126 Å². The molecule has 0 bridgehead atoms. The lowest BCUT2D eigenvalue weighted by Crippen LogP contribution is -2.06. The standard InChI is InChI=1S/C23H20N2O3.C13H11N3/c1-27-17-11-12-18(22(14-17)28-2)21(26)13-15-7-9-16(10-8-15)23-24-19-5-3-4-6-20(19)25-23;14-10-7-5-9(6-8-10)13-15-11-3-1-2-4-12(11)16-13/h3-12,14H,13H2,1-2H3,(H,24,25);1-8H,14H2,(H,15,16). The van der Waals surface area contributed by atoms with Gasteiger partial charge in [-0.3, -0.25) is 4.79 Å². The predicted octanol–water partition coefficient (Wildman–Crippen LogP) is 7.48. The van der Waals surface area contributed by atoms with Crippen molar-refractivity contribution < 1.29 is 14.3 Å². The highest BCUT2D eigenvalue weighted by Gasteiger charge is 2.14. The highest BCUT2D eigenvalue weighted by molar-refractivity contribution is 6.00. The Morgan fingerprint density at radius 3 is 1.75 bits per heavy atom. The topological polar surface area (TPSA) is 119 Å². The Balaban J connectivity index is 0.000000181. The average Bonchev–Trinajstić information content (AvgIpc) is 3.70. The van der Waals surface area contributed by atoms with E-state index in [0.717, 1.165) is 56.1 Å². The third-order valence-corrected chi connectivity index (χ3v) is 7.26. The third kappa shape index (κ3) is 6.15. The Bertz CT molecular complexity index is 1980. The van der Waals surface area contributed by atoms with Crippen LogP contribution in [0.3, 0.4) is 0 Å². The number of nitrogens with two attached hydrogens (primary N) is 1. The Hall–Kier alpha value is -5.89. The van der Waals surface area contributed by atoms with Crippen molar-refractivity contribution in [3.63, 3.8) is 0 Å². The van der Waals surface area contributed by atoms with Crippen molar-refractivity contribution in [2.45, 2.75) is 6.42 Å². The van der Waals surface area contributed by atoms with E-state index in [4.69, 9.17) is 15.2 Å². The van der Waals surface area contributed by atoms with Gasteiger partial charge in [-0.05, 0) is 66.2 Å². The molecule has 0 unspecified atom stereocenters. The lowest BCUT2D eigenvalue weighted by Gasteiger charge is -2.10. The number of methoxy groups -OCH3 is 2. The fourth-order valence-electron chi connectivity index (χ4n) is 4.91. The molecule has 0 aliphatic rings. The van der Waals surface area contributed by atoms with Crippen molar-refractivity contribution in [2.24, 2.45) is 0 Å². The molecule has 2 aromatic heterocycles. The lowest BCUT2D eigenvalue weighted by atomic mass is 10.0. The molecular weight excluding hydrogens is 550 g/mol. The van der Waals surface area contributed by atoms with Crippen LogP contribution in [0.2, 0.25) is 0 Å². The quantitative estimate of drug-likeness (QED) is 0.133. The number of para-hydroxylation sites is 4. The molecule has 0 aliphatic carbocycles. The number of nitrogen functional groups attached to an aromatic ring is 1. The second kappa shape index (κ2) is 12.5. The van der Waals surface area contributed by atoms with Gasteiger partial charge in [-0.2, -0.15) is 0 Å². The van der Waals surface area contributed by atoms with Crippen molar-refractivity contribution in [1.29, 1.82) is 0 Å². The third-order valence-electron chi connectivity index (χ3n) is 7.26. The summed E-state index contributed by atoms with van der Waals surface area (Å²) in [6.07, 6.45) is 0.295. The molecule has 5 aromatic carbocycles. The number of aromatic nitrogens is 4. The fourth-order valence-corrected chi connectivity index (χ4v) is 4.91. The highest BCUT2D eigenvalue weighted by Crippen LogP contribution is 2.27. The second-order valence-electron chi connectivity index (χ2n) is 10.2. The van der Waals surface area contributed by atoms with Crippen molar-refractivity contribution >= 4 is 33.5 Å². The van der Waals surface area contributed by atoms with Gasteiger partial charge in [0.25, 0.3) is 0 Å². The van der Waals surface area contributed by atoms with Gasteiger partial charge in [-0.25, -0.2) is 9.97 Å². The van der Waals surface area contributed by atoms with Crippen LogP contribution in [0.5, 0.6) is 11.5 Å². The van der Waals surface area contributed by atoms with Crippen molar-refractivity contribution in [3.8, 4) is 34.3 Å². The summed E-state index contributed by atoms with van der Waals surface area (Å²) >= 11 is 0. The summed E-state index contributed by atoms with van der Waals surface area (Å²) in [6.45, 7) is 0. The van der Waals surface area contributed by atoms with E-state index in [1.54, 1.807) is 32.4 Å². The lowest BCUT2D eigenvalue weighted by molar-refractivity contribution is 0.0990. The fraction of sp³-hybridized carbons (Fsp3) is 0.0833. The number of carbonyl (C=O) groups excluding carboxylic acids is 1. The summed E-state index contributed by atoms with van der Waals surface area (Å²) in [4.78, 5) is 28.4. The molecular formula is C36H31N5O3. The minimum atomic E-state index is -0.00371. The van der Waals surface area contributed by atoms with Crippen LogP contribution in [0, 0.1) is 0 Å². The molecule has 8 heteroatoms. The first-order valence-electron chi connectivity index (χ1n) is 14.1. The molecule has 7 aromatic rings. The van der Waals surface area contributed by atoms with Crippen LogP contribution in [0.1, 0.15) is 15.9 Å². The van der Waals surface area contributed by atoms with E-state index in [9.17, 15) is 4.79 Å². The van der Waals surface area contributed by atoms with Crippen LogP contribution in [-0.2, 0) is 6.42 Å². The Morgan fingerprint density at radius 2 is 1.23 bits per heavy atom. The van der Waals surface area contributed by atoms with Crippen LogP contribution in [0.4, 0.5) is 5.69 Å². The molecule has 0 saturated heterocycles. The van der Waals surface area contributed by atoms with E-state index in [1.807, 2.05) is 97.1 Å². The molecule has 0 fully saturated rings. The van der Waals surface area contributed by atoms with Gasteiger partial charge in [-0.1, -0.05) is 48.5 Å². The summed E-state index contributed by atoms with van der Waals surface area (Å²) in [6, 6.07) is 36.7. The number of hydrogen-bond donors (Lipinski definition) is 3. The molecule has 0 spiro atoms. The van der Waals surface area contributed by atoms with Gasteiger partial charge in [0.1, 0.15) is 23.1 Å². The highest BCUT2D eigenvalue weighted by atomic mass is 16.5. The van der Waals surface area contributed by atoms with Crippen molar-refractivity contribution in [2.75, 3.05) is 20.0 Å². The van der Waals surface area contributed by atoms with Crippen LogP contribution in [-0.4, -0.2) is 39.9 Å². The number of carbonyl (C=O) groups is 1. The van der Waals surface area contributed by atoms with Gasteiger partial charge in [0, 0.05) is 29.3 Å². The van der Waals surface area contributed by atoms with Gasteiger partial charge >= 0.3 is 0 Å². The van der Waals surface area contributed by atoms with Crippen LogP contribution in [0.25, 0.3) is 44.8 Å². The summed E-state index contributed by atoms with van der Waals surface area (Å²) in [5.74, 6) is 2.86. The molecule has 0 amide bonds. The minimum Gasteiger partial charge on any atom is -0.497 e. The van der Waals surface area contributed by atoms with Gasteiger partial charge < -0.3 is 25.2 Å². The van der Waals surface area contributed by atoms with Gasteiger partial charge in [0.05, 0.1) is 41.8 Å². The maximum atomic E-state index is 12.7. The molecule has 0 radical (unpaired) electrons. The first-order valence-corrected chi connectivity index (χ1v) is 14.1. The number of aromatic amines is 2. The number of Topliss-reactive ketones (excluding diaryl/α,β-unsaturated/α-hetero) is 1. The average molecular weight is 582 g/mol. The number of H-pyrrole nitrogens is 2. The van der Waals surface area contributed by atoms with Crippen LogP contribution in [0.15, 0.2) is 115 Å². The first kappa shape index (κ1) is 28.2. The van der Waals surface area contributed by atoms with E-state index in [2.05, 4.69) is 19.9 Å². The monoisotopic (exact) mass is 581 g/mol. The van der Waals surface area contributed by atoms with Gasteiger partial charge in [0.15, 0.2) is 5.78 Å². The van der Waals surface area contributed by atoms with Crippen molar-refractivity contribution in [1.82, 2.24) is 19.9 Å². The number of rotatable bonds is 7. The largest absolute Gasteiger partial charge is 0.497 e. The predicted molar refractivity (Wildman–Crippen MR) is 175 cm³/mol. The zero-order chi connectivity index (χ0) is 30.5. The van der Waals surface area contributed by atoms with E-state index in [-0.39, 0.29) is 5.78 Å². The number of ketones is 1. The number of imidazole rings is 2. The number of hydrogen-bond acceptors (Lipinski definition) is 6. The summed E-state index contributed by atoms with van der Waals surface area (Å²) in [5.41, 5.74) is 13.9. The van der Waals surface area contributed by atoms with Gasteiger partial charge in [0.2, 0.25) is 0 Å². The molecule has 44 heavy (non-hydrogen) atoms. The molecule has 218 valence electrons. The molecule has 2 heterocycles. The molecule has 7 rings (SSSR count). The maximum Gasteiger partial charge on any atom is 0.170 e.